The lowest BCUT2D eigenvalue weighted by Crippen LogP contribution is -2.33. The van der Waals surface area contributed by atoms with Gasteiger partial charge in [0.05, 0.1) is 34.9 Å². The van der Waals surface area contributed by atoms with Gasteiger partial charge in [-0.25, -0.2) is 9.19 Å². The highest BCUT2D eigenvalue weighted by atomic mass is 32.2. The van der Waals surface area contributed by atoms with Gasteiger partial charge < -0.3 is 9.30 Å². The number of hydrazone groups is 1. The average molecular weight is 536 g/mol. The highest BCUT2D eigenvalue weighted by Crippen LogP contribution is 2.36. The number of imidazole rings is 1. The fraction of sp³-hybridized carbons (Fsp3) is 0.481. The van der Waals surface area contributed by atoms with Gasteiger partial charge in [0.15, 0.2) is 6.23 Å². The first kappa shape index (κ1) is 25.0. The number of aromatic nitrogens is 3. The molecule has 1 fully saturated rings. The van der Waals surface area contributed by atoms with Crippen molar-refractivity contribution in [1.82, 2.24) is 19.5 Å². The number of carbonyl (C=O) groups is 1. The Hall–Kier alpha value is -3.31. The molecule has 3 aliphatic rings. The number of fused-ring (bicyclic) bond motifs is 9. The molecule has 1 aromatic carbocycles. The Morgan fingerprint density at radius 3 is 2.76 bits per heavy atom. The van der Waals surface area contributed by atoms with Gasteiger partial charge in [0, 0.05) is 53.3 Å². The van der Waals surface area contributed by atoms with Crippen LogP contribution in [0.3, 0.4) is 0 Å². The van der Waals surface area contributed by atoms with Crippen LogP contribution in [0.4, 0.5) is 11.6 Å². The molecule has 2 aliphatic heterocycles. The minimum atomic E-state index is -2.31. The summed E-state index contributed by atoms with van der Waals surface area (Å²) in [5.41, 5.74) is 4.29. The van der Waals surface area contributed by atoms with E-state index in [2.05, 4.69) is 19.3 Å². The third-order valence-corrected chi connectivity index (χ3v) is 8.19. The standard InChI is InChI=1S/C27H33N7O3S/c1-16-9-19-11-23(29-16)21-13-28-33(2)26(21)37-15-18-6-5-17(10-18)14-34-24-12-20(32-38(3,4)36)7-8-22(24)30-27(34)31-25(19)35/h7-9,11-13,17-18,21,26H,5-6,10,14-15H2,1-4H3,(H,30,31,35)/t17-,18+,21?,26?/m1/s1. The molecule has 4 heterocycles. The maximum atomic E-state index is 13.6. The third kappa shape index (κ3) is 4.92. The van der Waals surface area contributed by atoms with Crippen molar-refractivity contribution < 1.29 is 13.7 Å². The number of aryl methyl sites for hydroxylation is 1. The van der Waals surface area contributed by atoms with Crippen LogP contribution in [0, 0.1) is 18.8 Å². The van der Waals surface area contributed by atoms with Crippen LogP contribution in [0.15, 0.2) is 39.8 Å². The Morgan fingerprint density at radius 1 is 1.13 bits per heavy atom. The first-order valence-corrected chi connectivity index (χ1v) is 15.3. The number of benzene rings is 1. The van der Waals surface area contributed by atoms with Crippen LogP contribution in [0.25, 0.3) is 11.0 Å². The average Bonchev–Trinajstić information content (AvgIpc) is 3.54. The Kier molecular flexibility index (Phi) is 6.22. The zero-order valence-electron chi connectivity index (χ0n) is 22.1. The number of pyridine rings is 1. The maximum Gasteiger partial charge on any atom is 0.258 e. The summed E-state index contributed by atoms with van der Waals surface area (Å²) in [6.45, 7) is 3.26. The second-order valence-corrected chi connectivity index (χ2v) is 13.5. The molecule has 4 bridgehead atoms. The van der Waals surface area contributed by atoms with Gasteiger partial charge in [0.1, 0.15) is 0 Å². The molecule has 2 unspecified atom stereocenters. The van der Waals surface area contributed by atoms with E-state index in [0.29, 0.717) is 35.6 Å². The Labute approximate surface area is 222 Å². The molecule has 6 rings (SSSR count). The maximum absolute atomic E-state index is 13.6. The van der Waals surface area contributed by atoms with Crippen LogP contribution in [0.1, 0.15) is 46.9 Å². The van der Waals surface area contributed by atoms with Crippen LogP contribution in [-0.4, -0.2) is 68.3 Å². The molecule has 0 radical (unpaired) electrons. The normalized spacial score (nSPS) is 25.5. The van der Waals surface area contributed by atoms with Gasteiger partial charge in [-0.1, -0.05) is 0 Å². The number of amides is 1. The molecule has 1 aliphatic carbocycles. The van der Waals surface area contributed by atoms with Gasteiger partial charge in [-0.15, -0.1) is 0 Å². The first-order chi connectivity index (χ1) is 18.1. The Balaban J connectivity index is 1.45. The highest BCUT2D eigenvalue weighted by molar-refractivity contribution is 7.92. The molecular weight excluding hydrogens is 502 g/mol. The third-order valence-electron chi connectivity index (χ3n) is 7.54. The Bertz CT molecular complexity index is 1560. The SMILES string of the molecule is Cc1cc2cc(n1)C1C=NN(C)C1OC[C@H]1CC[C@H](C1)Cn1c(nc3ccc(N=S(C)(C)=O)cc31)NC2=O. The molecule has 2 aromatic heterocycles. The van der Waals surface area contributed by atoms with Gasteiger partial charge in [0.25, 0.3) is 5.91 Å². The quantitative estimate of drug-likeness (QED) is 0.501. The molecular formula is C27H33N7O3S. The van der Waals surface area contributed by atoms with Gasteiger partial charge >= 0.3 is 0 Å². The van der Waals surface area contributed by atoms with Crippen molar-refractivity contribution in [3.8, 4) is 0 Å². The zero-order chi connectivity index (χ0) is 26.6. The van der Waals surface area contributed by atoms with Gasteiger partial charge in [-0.2, -0.15) is 9.46 Å². The van der Waals surface area contributed by atoms with Crippen LogP contribution < -0.4 is 5.32 Å². The van der Waals surface area contributed by atoms with E-state index < -0.39 is 9.73 Å². The smallest absolute Gasteiger partial charge is 0.258 e. The minimum Gasteiger partial charge on any atom is -0.356 e. The van der Waals surface area contributed by atoms with E-state index in [0.717, 1.165) is 48.2 Å². The number of nitrogens with zero attached hydrogens (tertiary/aromatic N) is 6. The number of hydrogen-bond acceptors (Lipinski definition) is 8. The topological polar surface area (TPSA) is 114 Å². The molecule has 1 saturated carbocycles. The molecule has 3 aromatic rings. The summed E-state index contributed by atoms with van der Waals surface area (Å²) in [6, 6.07) is 9.22. The van der Waals surface area contributed by atoms with Crippen molar-refractivity contribution in [3.05, 3.63) is 47.3 Å². The summed E-state index contributed by atoms with van der Waals surface area (Å²) in [4.78, 5) is 23.1. The minimum absolute atomic E-state index is 0.159. The van der Waals surface area contributed by atoms with Crippen molar-refractivity contribution in [2.75, 3.05) is 31.5 Å². The molecule has 4 atom stereocenters. The van der Waals surface area contributed by atoms with Crippen molar-refractivity contribution in [1.29, 1.82) is 0 Å². The fourth-order valence-corrected chi connectivity index (χ4v) is 6.46. The molecule has 1 N–H and O–H groups in total. The largest absolute Gasteiger partial charge is 0.356 e. The molecule has 200 valence electrons. The summed E-state index contributed by atoms with van der Waals surface area (Å²) in [5, 5.41) is 9.39. The number of carbonyl (C=O) groups excluding carboxylic acids is 1. The number of likely N-dealkylation sites (N-methyl/N-ethyl adjacent to an activating group) is 1. The van der Waals surface area contributed by atoms with Crippen LogP contribution in [0.5, 0.6) is 0 Å². The summed E-state index contributed by atoms with van der Waals surface area (Å²) in [7, 11) is -0.400. The van der Waals surface area contributed by atoms with Crippen LogP contribution in [0.2, 0.25) is 0 Å². The van der Waals surface area contributed by atoms with E-state index in [4.69, 9.17) is 14.7 Å². The first-order valence-electron chi connectivity index (χ1n) is 13.0. The predicted molar refractivity (Wildman–Crippen MR) is 148 cm³/mol. The van der Waals surface area contributed by atoms with Gasteiger partial charge in [-0.3, -0.25) is 20.1 Å². The summed E-state index contributed by atoms with van der Waals surface area (Å²) in [6.07, 6.45) is 8.04. The molecule has 11 heteroatoms. The number of ether oxygens (including phenoxy) is 1. The van der Waals surface area contributed by atoms with E-state index in [9.17, 15) is 9.00 Å². The van der Waals surface area contributed by atoms with E-state index in [1.165, 1.54) is 0 Å². The number of anilines is 1. The monoisotopic (exact) mass is 535 g/mol. The molecule has 0 saturated heterocycles. The van der Waals surface area contributed by atoms with Crippen molar-refractivity contribution in [2.24, 2.45) is 21.3 Å². The second kappa shape index (κ2) is 9.46. The number of nitrogens with one attached hydrogen (secondary N) is 1. The van der Waals surface area contributed by atoms with Crippen molar-refractivity contribution in [2.45, 2.75) is 44.9 Å². The lowest BCUT2D eigenvalue weighted by Gasteiger charge is -2.26. The van der Waals surface area contributed by atoms with Crippen molar-refractivity contribution in [3.63, 3.8) is 0 Å². The van der Waals surface area contributed by atoms with Gasteiger partial charge in [0.2, 0.25) is 5.95 Å². The summed E-state index contributed by atoms with van der Waals surface area (Å²) >= 11 is 0. The lowest BCUT2D eigenvalue weighted by atomic mass is 10.0. The second-order valence-electron chi connectivity index (χ2n) is 11.0. The molecule has 0 spiro atoms. The molecule has 38 heavy (non-hydrogen) atoms. The summed E-state index contributed by atoms with van der Waals surface area (Å²) < 4.78 is 25.2. The Morgan fingerprint density at radius 2 is 1.95 bits per heavy atom. The molecule has 1 amide bonds. The predicted octanol–water partition coefficient (Wildman–Crippen LogP) is 4.14. The van der Waals surface area contributed by atoms with E-state index >= 15 is 0 Å². The van der Waals surface area contributed by atoms with Crippen LogP contribution in [-0.2, 0) is 21.0 Å². The fourth-order valence-electron chi connectivity index (χ4n) is 5.84. The van der Waals surface area contributed by atoms with E-state index in [-0.39, 0.29) is 18.1 Å². The summed E-state index contributed by atoms with van der Waals surface area (Å²) in [5.74, 6) is 0.962. The van der Waals surface area contributed by atoms with Gasteiger partial charge in [-0.05, 0) is 68.4 Å². The number of hydrogen-bond donors (Lipinski definition) is 1. The van der Waals surface area contributed by atoms with Crippen molar-refractivity contribution >= 4 is 44.5 Å². The zero-order valence-corrected chi connectivity index (χ0v) is 22.9. The highest BCUT2D eigenvalue weighted by Gasteiger charge is 2.35. The lowest BCUT2D eigenvalue weighted by molar-refractivity contribution is -0.0547. The van der Waals surface area contributed by atoms with Crippen LogP contribution >= 0.6 is 0 Å². The molecule has 10 nitrogen and oxygen atoms in total. The number of rotatable bonds is 1. The van der Waals surface area contributed by atoms with E-state index in [1.54, 1.807) is 18.6 Å². The van der Waals surface area contributed by atoms with E-state index in [1.807, 2.05) is 49.5 Å².